The Hall–Kier alpha value is -0.520. The van der Waals surface area contributed by atoms with E-state index in [1.807, 2.05) is 12.3 Å². The average molecular weight is 313 g/mol. The molecule has 1 saturated heterocycles. The van der Waals surface area contributed by atoms with Gasteiger partial charge in [0.25, 0.3) is 0 Å². The van der Waals surface area contributed by atoms with Gasteiger partial charge in [-0.3, -0.25) is 4.90 Å². The van der Waals surface area contributed by atoms with Crippen LogP contribution in [-0.4, -0.2) is 53.3 Å². The number of anilines is 1. The van der Waals surface area contributed by atoms with Crippen molar-refractivity contribution >= 4 is 29.2 Å². The van der Waals surface area contributed by atoms with Gasteiger partial charge in [0, 0.05) is 38.3 Å². The molecule has 0 atom stereocenters. The maximum Gasteiger partial charge on any atom is 0.190 e. The lowest BCUT2D eigenvalue weighted by Gasteiger charge is -2.38. The van der Waals surface area contributed by atoms with Gasteiger partial charge in [-0.15, -0.1) is 0 Å². The van der Waals surface area contributed by atoms with Gasteiger partial charge in [-0.25, -0.2) is 9.97 Å². The standard InChI is InChI=1S/C14H21ClN4S/c1-20-14-16-12(15)10-13(17-14)19-8-6-18(7-9-19)11-4-2-3-5-11/h10-11H,2-9H2,1H3. The number of rotatable bonds is 3. The first kappa shape index (κ1) is 14.4. The third-order valence-electron chi connectivity index (χ3n) is 4.32. The molecule has 0 N–H and O–H groups in total. The molecule has 0 spiro atoms. The molecule has 1 aromatic heterocycles. The smallest absolute Gasteiger partial charge is 0.190 e. The highest BCUT2D eigenvalue weighted by molar-refractivity contribution is 7.98. The molecule has 20 heavy (non-hydrogen) atoms. The van der Waals surface area contributed by atoms with Crippen molar-refractivity contribution in [2.45, 2.75) is 36.9 Å². The molecule has 2 fully saturated rings. The summed E-state index contributed by atoms with van der Waals surface area (Å²) in [5.74, 6) is 0.973. The zero-order valence-electron chi connectivity index (χ0n) is 11.9. The summed E-state index contributed by atoms with van der Waals surface area (Å²) in [6.45, 7) is 4.36. The molecule has 2 heterocycles. The van der Waals surface area contributed by atoms with Crippen molar-refractivity contribution in [3.05, 3.63) is 11.2 Å². The molecule has 1 aromatic rings. The lowest BCUT2D eigenvalue weighted by Crippen LogP contribution is -2.50. The molecular weight excluding hydrogens is 292 g/mol. The fourth-order valence-corrected chi connectivity index (χ4v) is 3.83. The summed E-state index contributed by atoms with van der Waals surface area (Å²) in [6.07, 6.45) is 7.56. The van der Waals surface area contributed by atoms with E-state index in [-0.39, 0.29) is 0 Å². The van der Waals surface area contributed by atoms with Crippen LogP contribution in [0.5, 0.6) is 0 Å². The Kier molecular flexibility index (Phi) is 4.68. The molecule has 0 radical (unpaired) electrons. The third kappa shape index (κ3) is 3.21. The highest BCUT2D eigenvalue weighted by Crippen LogP contribution is 2.26. The zero-order valence-corrected chi connectivity index (χ0v) is 13.5. The van der Waals surface area contributed by atoms with Crippen LogP contribution in [0.4, 0.5) is 5.82 Å². The quantitative estimate of drug-likeness (QED) is 0.487. The molecule has 4 nitrogen and oxygen atoms in total. The highest BCUT2D eigenvalue weighted by Gasteiger charge is 2.26. The van der Waals surface area contributed by atoms with Crippen molar-refractivity contribution in [3.63, 3.8) is 0 Å². The van der Waals surface area contributed by atoms with Gasteiger partial charge in [0.1, 0.15) is 11.0 Å². The highest BCUT2D eigenvalue weighted by atomic mass is 35.5. The number of aromatic nitrogens is 2. The zero-order chi connectivity index (χ0) is 13.9. The number of thioether (sulfide) groups is 1. The predicted molar refractivity (Wildman–Crippen MR) is 84.9 cm³/mol. The van der Waals surface area contributed by atoms with Crippen LogP contribution in [0.15, 0.2) is 11.2 Å². The van der Waals surface area contributed by atoms with E-state index in [2.05, 4.69) is 19.8 Å². The van der Waals surface area contributed by atoms with E-state index in [0.717, 1.165) is 43.2 Å². The van der Waals surface area contributed by atoms with E-state index < -0.39 is 0 Å². The van der Waals surface area contributed by atoms with E-state index in [9.17, 15) is 0 Å². The van der Waals surface area contributed by atoms with Gasteiger partial charge in [-0.1, -0.05) is 36.2 Å². The fourth-order valence-electron chi connectivity index (χ4n) is 3.22. The molecule has 2 aliphatic rings. The molecule has 0 amide bonds. The van der Waals surface area contributed by atoms with Crippen molar-refractivity contribution in [2.75, 3.05) is 37.3 Å². The summed E-state index contributed by atoms with van der Waals surface area (Å²) in [5.41, 5.74) is 0. The summed E-state index contributed by atoms with van der Waals surface area (Å²) in [7, 11) is 0. The van der Waals surface area contributed by atoms with Crippen molar-refractivity contribution in [1.82, 2.24) is 14.9 Å². The lowest BCUT2D eigenvalue weighted by molar-refractivity contribution is 0.187. The number of hydrogen-bond acceptors (Lipinski definition) is 5. The molecule has 1 saturated carbocycles. The third-order valence-corrected chi connectivity index (χ3v) is 5.06. The topological polar surface area (TPSA) is 32.3 Å². The normalized spacial score (nSPS) is 21.6. The monoisotopic (exact) mass is 312 g/mol. The van der Waals surface area contributed by atoms with Crippen molar-refractivity contribution in [3.8, 4) is 0 Å². The predicted octanol–water partition coefficient (Wildman–Crippen LogP) is 2.92. The second-order valence-electron chi connectivity index (χ2n) is 5.50. The van der Waals surface area contributed by atoms with Crippen molar-refractivity contribution in [2.24, 2.45) is 0 Å². The SMILES string of the molecule is CSc1nc(Cl)cc(N2CCN(C3CCCC3)CC2)n1. The molecule has 6 heteroatoms. The summed E-state index contributed by atoms with van der Waals surface area (Å²) >= 11 is 7.62. The Labute approximate surface area is 129 Å². The summed E-state index contributed by atoms with van der Waals surface area (Å²) in [6, 6.07) is 2.71. The van der Waals surface area contributed by atoms with Gasteiger partial charge >= 0.3 is 0 Å². The van der Waals surface area contributed by atoms with Crippen LogP contribution >= 0.6 is 23.4 Å². The van der Waals surface area contributed by atoms with E-state index in [1.54, 1.807) is 0 Å². The molecule has 1 aliphatic heterocycles. The number of nitrogens with zero attached hydrogens (tertiary/aromatic N) is 4. The summed E-state index contributed by atoms with van der Waals surface area (Å²) in [4.78, 5) is 13.8. The molecule has 3 rings (SSSR count). The largest absolute Gasteiger partial charge is 0.354 e. The van der Waals surface area contributed by atoms with Crippen LogP contribution in [0.3, 0.4) is 0 Å². The van der Waals surface area contributed by atoms with Crippen molar-refractivity contribution in [1.29, 1.82) is 0 Å². The van der Waals surface area contributed by atoms with Crippen LogP contribution in [0, 0.1) is 0 Å². The molecule has 110 valence electrons. The van der Waals surface area contributed by atoms with E-state index in [4.69, 9.17) is 11.6 Å². The maximum absolute atomic E-state index is 6.08. The van der Waals surface area contributed by atoms with Crippen molar-refractivity contribution < 1.29 is 0 Å². The van der Waals surface area contributed by atoms with Crippen LogP contribution in [0.25, 0.3) is 0 Å². The van der Waals surface area contributed by atoms with Gasteiger partial charge in [0.2, 0.25) is 0 Å². The van der Waals surface area contributed by atoms with Gasteiger partial charge in [0.05, 0.1) is 0 Å². The number of hydrogen-bond donors (Lipinski definition) is 0. The minimum Gasteiger partial charge on any atom is -0.354 e. The first-order chi connectivity index (χ1) is 9.76. The second-order valence-corrected chi connectivity index (χ2v) is 6.66. The summed E-state index contributed by atoms with van der Waals surface area (Å²) < 4.78 is 0. The number of piperazine rings is 1. The Morgan fingerprint density at radius 2 is 1.85 bits per heavy atom. The van der Waals surface area contributed by atoms with Gasteiger partial charge in [0.15, 0.2) is 5.16 Å². The first-order valence-corrected chi connectivity index (χ1v) is 8.94. The average Bonchev–Trinajstić information content (AvgIpc) is 3.01. The van der Waals surface area contributed by atoms with Crippen LogP contribution in [-0.2, 0) is 0 Å². The summed E-state index contributed by atoms with van der Waals surface area (Å²) in [5, 5.41) is 1.29. The molecule has 0 aromatic carbocycles. The van der Waals surface area contributed by atoms with Crippen LogP contribution < -0.4 is 4.90 Å². The lowest BCUT2D eigenvalue weighted by atomic mass is 10.2. The van der Waals surface area contributed by atoms with Gasteiger partial charge in [-0.05, 0) is 19.1 Å². The van der Waals surface area contributed by atoms with E-state index in [1.165, 1.54) is 37.4 Å². The Balaban J connectivity index is 1.64. The van der Waals surface area contributed by atoms with Crippen LogP contribution in [0.1, 0.15) is 25.7 Å². The molecule has 0 unspecified atom stereocenters. The minimum atomic E-state index is 0.539. The second kappa shape index (κ2) is 6.50. The Bertz CT molecular complexity index is 456. The Morgan fingerprint density at radius 1 is 1.15 bits per heavy atom. The van der Waals surface area contributed by atoms with E-state index in [0.29, 0.717) is 5.15 Å². The molecule has 0 bridgehead atoms. The Morgan fingerprint density at radius 3 is 2.50 bits per heavy atom. The van der Waals surface area contributed by atoms with E-state index >= 15 is 0 Å². The minimum absolute atomic E-state index is 0.539. The molecule has 1 aliphatic carbocycles. The maximum atomic E-state index is 6.08. The molecular formula is C14H21ClN4S. The van der Waals surface area contributed by atoms with Gasteiger partial charge < -0.3 is 4.90 Å². The number of halogens is 1. The fraction of sp³-hybridized carbons (Fsp3) is 0.714. The first-order valence-electron chi connectivity index (χ1n) is 7.34. The van der Waals surface area contributed by atoms with Crippen LogP contribution in [0.2, 0.25) is 5.15 Å². The van der Waals surface area contributed by atoms with Gasteiger partial charge in [-0.2, -0.15) is 0 Å².